The van der Waals surface area contributed by atoms with E-state index in [1.54, 1.807) is 11.8 Å². The normalized spacial score (nSPS) is 12.3. The van der Waals surface area contributed by atoms with Gasteiger partial charge in [0, 0.05) is 18.3 Å². The van der Waals surface area contributed by atoms with Crippen LogP contribution in [0.5, 0.6) is 0 Å². The summed E-state index contributed by atoms with van der Waals surface area (Å²) in [5.74, 6) is 0.864. The standard InChI is InChI=1S/C13H19N3S/c1-9-5-6-11-10(7-9)15-12(16(11)4)17-8-13(2,3)14/h5-7H,8,14H2,1-4H3. The van der Waals surface area contributed by atoms with Crippen LogP contribution in [-0.4, -0.2) is 20.8 Å². The maximum absolute atomic E-state index is 5.99. The van der Waals surface area contributed by atoms with Crippen LogP contribution in [-0.2, 0) is 7.05 Å². The molecule has 1 heterocycles. The van der Waals surface area contributed by atoms with Crippen molar-refractivity contribution in [2.45, 2.75) is 31.5 Å². The summed E-state index contributed by atoms with van der Waals surface area (Å²) < 4.78 is 2.13. The summed E-state index contributed by atoms with van der Waals surface area (Å²) in [4.78, 5) is 4.65. The minimum atomic E-state index is -0.168. The van der Waals surface area contributed by atoms with Crippen LogP contribution < -0.4 is 5.73 Å². The van der Waals surface area contributed by atoms with E-state index in [4.69, 9.17) is 5.73 Å². The summed E-state index contributed by atoms with van der Waals surface area (Å²) in [7, 11) is 2.05. The predicted octanol–water partition coefficient (Wildman–Crippen LogP) is 2.71. The number of benzene rings is 1. The van der Waals surface area contributed by atoms with Gasteiger partial charge in [-0.05, 0) is 38.5 Å². The molecule has 0 saturated heterocycles. The summed E-state index contributed by atoms with van der Waals surface area (Å²) in [6.45, 7) is 6.16. The average Bonchev–Trinajstić information content (AvgIpc) is 2.51. The number of hydrogen-bond donors (Lipinski definition) is 1. The zero-order valence-corrected chi connectivity index (χ0v) is 11.6. The van der Waals surface area contributed by atoms with Crippen LogP contribution in [0.15, 0.2) is 23.4 Å². The largest absolute Gasteiger partial charge is 0.325 e. The Bertz CT molecular complexity index is 537. The summed E-state index contributed by atoms with van der Waals surface area (Å²) in [5, 5.41) is 1.03. The average molecular weight is 249 g/mol. The van der Waals surface area contributed by atoms with Gasteiger partial charge in [0.15, 0.2) is 5.16 Å². The Morgan fingerprint density at radius 3 is 2.76 bits per heavy atom. The first-order valence-corrected chi connectivity index (χ1v) is 6.70. The minimum Gasteiger partial charge on any atom is -0.325 e. The van der Waals surface area contributed by atoms with Gasteiger partial charge in [0.25, 0.3) is 0 Å². The predicted molar refractivity (Wildman–Crippen MR) is 74.4 cm³/mol. The molecule has 92 valence electrons. The minimum absolute atomic E-state index is 0.168. The van der Waals surface area contributed by atoms with E-state index in [1.165, 1.54) is 11.1 Å². The molecule has 1 aromatic heterocycles. The lowest BCUT2D eigenvalue weighted by atomic mass is 10.1. The second kappa shape index (κ2) is 4.35. The highest BCUT2D eigenvalue weighted by atomic mass is 32.2. The van der Waals surface area contributed by atoms with Crippen LogP contribution >= 0.6 is 11.8 Å². The Labute approximate surface area is 106 Å². The second-order valence-electron chi connectivity index (χ2n) is 5.22. The molecule has 0 aliphatic rings. The number of rotatable bonds is 3. The monoisotopic (exact) mass is 249 g/mol. The van der Waals surface area contributed by atoms with Crippen LogP contribution in [0, 0.1) is 6.92 Å². The molecule has 17 heavy (non-hydrogen) atoms. The molecular weight excluding hydrogens is 230 g/mol. The quantitative estimate of drug-likeness (QED) is 0.851. The van der Waals surface area contributed by atoms with Gasteiger partial charge in [-0.1, -0.05) is 17.8 Å². The van der Waals surface area contributed by atoms with Gasteiger partial charge in [-0.3, -0.25) is 0 Å². The van der Waals surface area contributed by atoms with Crippen LogP contribution in [0.1, 0.15) is 19.4 Å². The highest BCUT2D eigenvalue weighted by Crippen LogP contribution is 2.25. The SMILES string of the molecule is Cc1ccc2c(c1)nc(SCC(C)(C)N)n2C. The Kier molecular flexibility index (Phi) is 3.19. The van der Waals surface area contributed by atoms with Crippen molar-refractivity contribution in [2.75, 3.05) is 5.75 Å². The van der Waals surface area contributed by atoms with Crippen molar-refractivity contribution in [3.63, 3.8) is 0 Å². The van der Waals surface area contributed by atoms with Crippen molar-refractivity contribution >= 4 is 22.8 Å². The van der Waals surface area contributed by atoms with E-state index in [0.717, 1.165) is 16.4 Å². The van der Waals surface area contributed by atoms with E-state index >= 15 is 0 Å². The molecule has 0 saturated carbocycles. The van der Waals surface area contributed by atoms with Crippen LogP contribution in [0.4, 0.5) is 0 Å². The zero-order chi connectivity index (χ0) is 12.6. The molecule has 0 amide bonds. The first-order chi connectivity index (χ1) is 7.87. The Hall–Kier alpha value is -1.00. The van der Waals surface area contributed by atoms with Crippen molar-refractivity contribution in [1.29, 1.82) is 0 Å². The molecule has 1 aromatic carbocycles. The highest BCUT2D eigenvalue weighted by Gasteiger charge is 2.14. The lowest BCUT2D eigenvalue weighted by molar-refractivity contribution is 0.590. The number of hydrogen-bond acceptors (Lipinski definition) is 3. The molecule has 0 bridgehead atoms. The van der Waals surface area contributed by atoms with Gasteiger partial charge in [0.1, 0.15) is 0 Å². The third-order valence-electron chi connectivity index (χ3n) is 2.57. The maximum atomic E-state index is 5.99. The molecule has 2 rings (SSSR count). The van der Waals surface area contributed by atoms with Gasteiger partial charge in [-0.2, -0.15) is 0 Å². The Morgan fingerprint density at radius 2 is 2.12 bits per heavy atom. The highest BCUT2D eigenvalue weighted by molar-refractivity contribution is 7.99. The number of thioether (sulfide) groups is 1. The fourth-order valence-corrected chi connectivity index (χ4v) is 2.62. The van der Waals surface area contributed by atoms with E-state index in [-0.39, 0.29) is 5.54 Å². The first-order valence-electron chi connectivity index (χ1n) is 5.71. The molecule has 4 heteroatoms. The van der Waals surface area contributed by atoms with Crippen LogP contribution in [0.3, 0.4) is 0 Å². The third kappa shape index (κ3) is 2.82. The van der Waals surface area contributed by atoms with Crippen molar-refractivity contribution in [2.24, 2.45) is 12.8 Å². The number of imidazole rings is 1. The zero-order valence-electron chi connectivity index (χ0n) is 10.8. The van der Waals surface area contributed by atoms with E-state index in [9.17, 15) is 0 Å². The fraction of sp³-hybridized carbons (Fsp3) is 0.462. The van der Waals surface area contributed by atoms with Gasteiger partial charge in [-0.25, -0.2) is 4.98 Å². The molecule has 2 N–H and O–H groups in total. The summed E-state index contributed by atoms with van der Waals surface area (Å²) in [5.41, 5.74) is 9.30. The van der Waals surface area contributed by atoms with Crippen LogP contribution in [0.25, 0.3) is 11.0 Å². The molecule has 2 aromatic rings. The topological polar surface area (TPSA) is 43.8 Å². The van der Waals surface area contributed by atoms with Gasteiger partial charge < -0.3 is 10.3 Å². The molecular formula is C13H19N3S. The summed E-state index contributed by atoms with van der Waals surface area (Å²) >= 11 is 1.71. The number of aryl methyl sites for hydroxylation is 2. The van der Waals surface area contributed by atoms with Crippen molar-refractivity contribution < 1.29 is 0 Å². The Morgan fingerprint density at radius 1 is 1.41 bits per heavy atom. The van der Waals surface area contributed by atoms with E-state index in [1.807, 2.05) is 13.8 Å². The fourth-order valence-electron chi connectivity index (χ4n) is 1.67. The number of nitrogens with zero attached hydrogens (tertiary/aromatic N) is 2. The third-order valence-corrected chi connectivity index (χ3v) is 4.08. The lowest BCUT2D eigenvalue weighted by Gasteiger charge is -2.16. The van der Waals surface area contributed by atoms with Crippen molar-refractivity contribution in [1.82, 2.24) is 9.55 Å². The summed E-state index contributed by atoms with van der Waals surface area (Å²) in [6.07, 6.45) is 0. The molecule has 0 aliphatic heterocycles. The van der Waals surface area contributed by atoms with Gasteiger partial charge >= 0.3 is 0 Å². The van der Waals surface area contributed by atoms with Gasteiger partial charge in [0.2, 0.25) is 0 Å². The first kappa shape index (κ1) is 12.5. The maximum Gasteiger partial charge on any atom is 0.168 e. The smallest absolute Gasteiger partial charge is 0.168 e. The van der Waals surface area contributed by atoms with E-state index < -0.39 is 0 Å². The molecule has 0 unspecified atom stereocenters. The molecule has 0 spiro atoms. The van der Waals surface area contributed by atoms with Crippen molar-refractivity contribution in [3.8, 4) is 0 Å². The van der Waals surface area contributed by atoms with Gasteiger partial charge in [0.05, 0.1) is 11.0 Å². The Balaban J connectivity index is 2.32. The summed E-state index contributed by atoms with van der Waals surface area (Å²) in [6, 6.07) is 6.35. The van der Waals surface area contributed by atoms with E-state index in [0.29, 0.717) is 0 Å². The van der Waals surface area contributed by atoms with Crippen LogP contribution in [0.2, 0.25) is 0 Å². The molecule has 3 nitrogen and oxygen atoms in total. The molecule has 0 atom stereocenters. The molecule has 0 aliphatic carbocycles. The second-order valence-corrected chi connectivity index (χ2v) is 6.17. The molecule has 0 fully saturated rings. The van der Waals surface area contributed by atoms with E-state index in [2.05, 4.69) is 41.7 Å². The number of fused-ring (bicyclic) bond motifs is 1. The van der Waals surface area contributed by atoms with Gasteiger partial charge in [-0.15, -0.1) is 0 Å². The van der Waals surface area contributed by atoms with Crippen molar-refractivity contribution in [3.05, 3.63) is 23.8 Å². The number of aromatic nitrogens is 2. The lowest BCUT2D eigenvalue weighted by Crippen LogP contribution is -2.34. The molecule has 0 radical (unpaired) electrons. The number of nitrogens with two attached hydrogens (primary N) is 1.